The van der Waals surface area contributed by atoms with E-state index in [0.717, 1.165) is 27.5 Å². The fraction of sp³-hybridized carbons (Fsp3) is 0.250. The molecule has 0 aromatic carbocycles. The van der Waals surface area contributed by atoms with E-state index >= 15 is 0 Å². The largest absolute Gasteiger partial charge is 0.354 e. The average molecular weight is 360 g/mol. The standard InChI is InChI=1S/C12H12BrClN4S/c1-2-5-15-12-17-7-9(13)11(18-12)19-10-4-3-8(14)6-16-10/h3-4,6-7H,2,5H2,1H3,(H,15,17,18). The number of nitrogens with zero attached hydrogens (tertiary/aromatic N) is 3. The van der Waals surface area contributed by atoms with Gasteiger partial charge in [0, 0.05) is 18.9 Å². The molecule has 0 fully saturated rings. The summed E-state index contributed by atoms with van der Waals surface area (Å²) in [6.07, 6.45) is 4.39. The lowest BCUT2D eigenvalue weighted by Gasteiger charge is -2.06. The average Bonchev–Trinajstić information content (AvgIpc) is 2.42. The van der Waals surface area contributed by atoms with E-state index in [1.54, 1.807) is 12.4 Å². The van der Waals surface area contributed by atoms with Crippen LogP contribution in [0.2, 0.25) is 5.02 Å². The summed E-state index contributed by atoms with van der Waals surface area (Å²) in [7, 11) is 0. The lowest BCUT2D eigenvalue weighted by atomic mass is 10.5. The third kappa shape index (κ3) is 4.33. The van der Waals surface area contributed by atoms with Crippen LogP contribution in [0.3, 0.4) is 0 Å². The van der Waals surface area contributed by atoms with Crippen molar-refractivity contribution in [2.75, 3.05) is 11.9 Å². The smallest absolute Gasteiger partial charge is 0.223 e. The lowest BCUT2D eigenvalue weighted by Crippen LogP contribution is -2.04. The van der Waals surface area contributed by atoms with Gasteiger partial charge in [-0.05, 0) is 46.2 Å². The Labute approximate surface area is 129 Å². The third-order valence-electron chi connectivity index (χ3n) is 2.15. The Kier molecular flexibility index (Phi) is 5.42. The molecule has 1 N–H and O–H groups in total. The van der Waals surface area contributed by atoms with Gasteiger partial charge in [0.25, 0.3) is 0 Å². The number of anilines is 1. The molecule has 0 aliphatic carbocycles. The van der Waals surface area contributed by atoms with Crippen molar-refractivity contribution >= 4 is 45.2 Å². The van der Waals surface area contributed by atoms with Crippen LogP contribution in [0.4, 0.5) is 5.95 Å². The van der Waals surface area contributed by atoms with Crippen molar-refractivity contribution in [1.82, 2.24) is 15.0 Å². The van der Waals surface area contributed by atoms with Crippen molar-refractivity contribution in [2.45, 2.75) is 23.4 Å². The number of hydrogen-bond acceptors (Lipinski definition) is 5. The fourth-order valence-electron chi connectivity index (χ4n) is 1.27. The molecule has 2 heterocycles. The van der Waals surface area contributed by atoms with Crippen LogP contribution in [-0.2, 0) is 0 Å². The number of halogens is 2. The van der Waals surface area contributed by atoms with Crippen LogP contribution in [0.5, 0.6) is 0 Å². The van der Waals surface area contributed by atoms with E-state index < -0.39 is 0 Å². The Balaban J connectivity index is 2.16. The van der Waals surface area contributed by atoms with Crippen LogP contribution in [0, 0.1) is 0 Å². The molecule has 0 radical (unpaired) electrons. The number of nitrogens with one attached hydrogen (secondary N) is 1. The fourth-order valence-corrected chi connectivity index (χ4v) is 2.53. The van der Waals surface area contributed by atoms with Gasteiger partial charge in [-0.2, -0.15) is 0 Å². The zero-order chi connectivity index (χ0) is 13.7. The van der Waals surface area contributed by atoms with Gasteiger partial charge in [0.05, 0.1) is 9.50 Å². The van der Waals surface area contributed by atoms with Crippen molar-refractivity contribution in [3.8, 4) is 0 Å². The molecule has 0 saturated carbocycles. The number of rotatable bonds is 5. The highest BCUT2D eigenvalue weighted by Gasteiger charge is 2.07. The molecular formula is C12H12BrClN4S. The predicted molar refractivity (Wildman–Crippen MR) is 81.9 cm³/mol. The number of hydrogen-bond donors (Lipinski definition) is 1. The molecule has 0 bridgehead atoms. The van der Waals surface area contributed by atoms with E-state index in [-0.39, 0.29) is 0 Å². The molecule has 0 aliphatic heterocycles. The summed E-state index contributed by atoms with van der Waals surface area (Å²) in [6.45, 7) is 2.95. The predicted octanol–water partition coefficient (Wildman–Crippen LogP) is 4.26. The lowest BCUT2D eigenvalue weighted by molar-refractivity contribution is 0.929. The van der Waals surface area contributed by atoms with E-state index in [0.29, 0.717) is 11.0 Å². The Hall–Kier alpha value is -0.850. The van der Waals surface area contributed by atoms with Gasteiger partial charge in [0.1, 0.15) is 10.1 Å². The molecule has 100 valence electrons. The Morgan fingerprint density at radius 1 is 1.32 bits per heavy atom. The van der Waals surface area contributed by atoms with E-state index in [4.69, 9.17) is 11.6 Å². The molecule has 7 heteroatoms. The SMILES string of the molecule is CCCNc1ncc(Br)c(Sc2ccc(Cl)cn2)n1. The first-order chi connectivity index (χ1) is 9.19. The topological polar surface area (TPSA) is 50.7 Å². The van der Waals surface area contributed by atoms with Gasteiger partial charge in [-0.25, -0.2) is 15.0 Å². The summed E-state index contributed by atoms with van der Waals surface area (Å²) in [5.41, 5.74) is 0. The van der Waals surface area contributed by atoms with Crippen molar-refractivity contribution in [3.63, 3.8) is 0 Å². The molecule has 0 unspecified atom stereocenters. The summed E-state index contributed by atoms with van der Waals surface area (Å²) in [6, 6.07) is 3.67. The van der Waals surface area contributed by atoms with Gasteiger partial charge >= 0.3 is 0 Å². The van der Waals surface area contributed by atoms with Crippen molar-refractivity contribution < 1.29 is 0 Å². The first-order valence-electron chi connectivity index (χ1n) is 5.75. The molecule has 0 amide bonds. The molecular weight excluding hydrogens is 348 g/mol. The van der Waals surface area contributed by atoms with E-state index in [1.165, 1.54) is 11.8 Å². The number of pyridine rings is 1. The molecule has 4 nitrogen and oxygen atoms in total. The van der Waals surface area contributed by atoms with E-state index in [2.05, 4.69) is 43.1 Å². The van der Waals surface area contributed by atoms with Gasteiger partial charge < -0.3 is 5.32 Å². The monoisotopic (exact) mass is 358 g/mol. The maximum absolute atomic E-state index is 5.81. The van der Waals surface area contributed by atoms with Gasteiger partial charge in [0.2, 0.25) is 5.95 Å². The minimum atomic E-state index is 0.622. The van der Waals surface area contributed by atoms with E-state index in [9.17, 15) is 0 Å². The molecule has 0 spiro atoms. The van der Waals surface area contributed by atoms with Crippen molar-refractivity contribution in [3.05, 3.63) is 34.0 Å². The van der Waals surface area contributed by atoms with Crippen LogP contribution in [0.25, 0.3) is 0 Å². The van der Waals surface area contributed by atoms with Gasteiger partial charge in [0.15, 0.2) is 0 Å². The van der Waals surface area contributed by atoms with Crippen LogP contribution >= 0.6 is 39.3 Å². The third-order valence-corrected chi connectivity index (χ3v) is 4.17. The van der Waals surface area contributed by atoms with Crippen LogP contribution in [0.15, 0.2) is 39.1 Å². The molecule has 0 atom stereocenters. The van der Waals surface area contributed by atoms with Crippen LogP contribution in [0.1, 0.15) is 13.3 Å². The molecule has 2 aromatic rings. The number of aromatic nitrogens is 3. The van der Waals surface area contributed by atoms with Gasteiger partial charge in [-0.15, -0.1) is 0 Å². The maximum Gasteiger partial charge on any atom is 0.223 e. The van der Waals surface area contributed by atoms with Crippen molar-refractivity contribution in [1.29, 1.82) is 0 Å². The Morgan fingerprint density at radius 3 is 2.84 bits per heavy atom. The summed E-state index contributed by atoms with van der Waals surface area (Å²) >= 11 is 10.7. The first kappa shape index (κ1) is 14.6. The van der Waals surface area contributed by atoms with E-state index in [1.807, 2.05) is 12.1 Å². The second-order valence-corrected chi connectivity index (χ2v) is 5.99. The molecule has 2 rings (SSSR count). The van der Waals surface area contributed by atoms with Gasteiger partial charge in [-0.1, -0.05) is 18.5 Å². The molecule has 2 aromatic heterocycles. The quantitative estimate of drug-likeness (QED) is 0.808. The molecule has 0 saturated heterocycles. The zero-order valence-corrected chi connectivity index (χ0v) is 13.4. The maximum atomic E-state index is 5.81. The summed E-state index contributed by atoms with van der Waals surface area (Å²) in [5.74, 6) is 0.626. The summed E-state index contributed by atoms with van der Waals surface area (Å²) in [4.78, 5) is 12.9. The summed E-state index contributed by atoms with van der Waals surface area (Å²) < 4.78 is 0.844. The Bertz CT molecular complexity index is 550. The minimum Gasteiger partial charge on any atom is -0.354 e. The van der Waals surface area contributed by atoms with Crippen LogP contribution < -0.4 is 5.32 Å². The minimum absolute atomic E-state index is 0.622. The normalized spacial score (nSPS) is 10.5. The van der Waals surface area contributed by atoms with Crippen LogP contribution in [-0.4, -0.2) is 21.5 Å². The summed E-state index contributed by atoms with van der Waals surface area (Å²) in [5, 5.41) is 5.44. The molecule has 0 aliphatic rings. The van der Waals surface area contributed by atoms with Gasteiger partial charge in [-0.3, -0.25) is 0 Å². The Morgan fingerprint density at radius 2 is 2.16 bits per heavy atom. The highest BCUT2D eigenvalue weighted by Crippen LogP contribution is 2.31. The second-order valence-electron chi connectivity index (χ2n) is 3.69. The highest BCUT2D eigenvalue weighted by molar-refractivity contribution is 9.10. The first-order valence-corrected chi connectivity index (χ1v) is 7.73. The zero-order valence-electron chi connectivity index (χ0n) is 10.2. The molecule has 19 heavy (non-hydrogen) atoms. The van der Waals surface area contributed by atoms with Crippen molar-refractivity contribution in [2.24, 2.45) is 0 Å². The second kappa shape index (κ2) is 7.07. The highest BCUT2D eigenvalue weighted by atomic mass is 79.9.